The fourth-order valence-corrected chi connectivity index (χ4v) is 3.79. The number of carbonyl (C=O) groups excluding carboxylic acids is 1. The van der Waals surface area contributed by atoms with Crippen LogP contribution in [0.25, 0.3) is 10.7 Å². The first kappa shape index (κ1) is 18.6. The Morgan fingerprint density at radius 1 is 1.42 bits per heavy atom. The van der Waals surface area contributed by atoms with Gasteiger partial charge in [0.25, 0.3) is 0 Å². The van der Waals surface area contributed by atoms with Crippen molar-refractivity contribution in [2.45, 2.75) is 44.1 Å². The number of aromatic nitrogens is 5. The summed E-state index contributed by atoms with van der Waals surface area (Å²) >= 11 is 3.06. The number of hydrogen-bond donors (Lipinski definition) is 1. The van der Waals surface area contributed by atoms with E-state index in [4.69, 9.17) is 10.3 Å². The van der Waals surface area contributed by atoms with E-state index in [-0.39, 0.29) is 12.3 Å². The van der Waals surface area contributed by atoms with Crippen LogP contribution in [0.1, 0.15) is 32.0 Å². The lowest BCUT2D eigenvalue weighted by Crippen LogP contribution is -2.15. The van der Waals surface area contributed by atoms with Crippen molar-refractivity contribution in [1.29, 1.82) is 0 Å². The Morgan fingerprint density at radius 3 is 2.96 bits per heavy atom. The van der Waals surface area contributed by atoms with Gasteiger partial charge >= 0.3 is 0 Å². The van der Waals surface area contributed by atoms with Gasteiger partial charge < -0.3 is 14.8 Å². The summed E-state index contributed by atoms with van der Waals surface area (Å²) in [5.74, 6) is 2.49. The van der Waals surface area contributed by atoms with E-state index in [1.165, 1.54) is 11.8 Å². The number of thiophene rings is 1. The van der Waals surface area contributed by atoms with E-state index in [1.54, 1.807) is 11.3 Å². The molecule has 0 aliphatic rings. The van der Waals surface area contributed by atoms with Gasteiger partial charge in [0.15, 0.2) is 5.16 Å². The summed E-state index contributed by atoms with van der Waals surface area (Å²) in [6, 6.07) is 3.91. The van der Waals surface area contributed by atoms with E-state index in [2.05, 4.69) is 34.2 Å². The van der Waals surface area contributed by atoms with Crippen LogP contribution in [0.5, 0.6) is 0 Å². The topological polar surface area (TPSA) is 113 Å². The molecule has 8 nitrogen and oxygen atoms in total. The van der Waals surface area contributed by atoms with Crippen LogP contribution >= 0.6 is 23.1 Å². The first-order chi connectivity index (χ1) is 12.5. The van der Waals surface area contributed by atoms with Crippen molar-refractivity contribution < 1.29 is 9.32 Å². The minimum Gasteiger partial charge on any atom is -0.370 e. The van der Waals surface area contributed by atoms with Gasteiger partial charge in [0.05, 0.1) is 10.6 Å². The second kappa shape index (κ2) is 8.45. The van der Waals surface area contributed by atoms with Gasteiger partial charge in [0, 0.05) is 19.4 Å². The van der Waals surface area contributed by atoms with E-state index in [0.29, 0.717) is 29.8 Å². The highest BCUT2D eigenvalue weighted by Crippen LogP contribution is 2.25. The van der Waals surface area contributed by atoms with Gasteiger partial charge in [0.2, 0.25) is 17.6 Å². The highest BCUT2D eigenvalue weighted by Gasteiger charge is 2.16. The molecule has 10 heteroatoms. The normalized spacial score (nSPS) is 11.3. The molecular formula is C16H20N6O2S2. The van der Waals surface area contributed by atoms with E-state index in [1.807, 2.05) is 22.1 Å². The molecule has 0 fully saturated rings. The number of hydrogen-bond acceptors (Lipinski definition) is 8. The summed E-state index contributed by atoms with van der Waals surface area (Å²) in [6.07, 6.45) is 0.743. The Balaban J connectivity index is 1.69. The number of nitrogens with zero attached hydrogens (tertiary/aromatic N) is 5. The molecule has 0 atom stereocenters. The third-order valence-electron chi connectivity index (χ3n) is 3.47. The number of rotatable bonds is 9. The monoisotopic (exact) mass is 392 g/mol. The smallest absolute Gasteiger partial charge is 0.237 e. The molecule has 0 spiro atoms. The van der Waals surface area contributed by atoms with Crippen LogP contribution in [0.2, 0.25) is 0 Å². The molecule has 3 aromatic rings. The van der Waals surface area contributed by atoms with Crippen molar-refractivity contribution >= 4 is 29.0 Å². The summed E-state index contributed by atoms with van der Waals surface area (Å²) in [5.41, 5.74) is 5.25. The number of aryl methyl sites for hydroxylation is 1. The molecule has 3 heterocycles. The molecule has 3 aromatic heterocycles. The van der Waals surface area contributed by atoms with Gasteiger partial charge in [-0.05, 0) is 17.4 Å². The summed E-state index contributed by atoms with van der Waals surface area (Å²) in [4.78, 5) is 16.4. The zero-order valence-electron chi connectivity index (χ0n) is 14.6. The minimum absolute atomic E-state index is 0.259. The van der Waals surface area contributed by atoms with Gasteiger partial charge in [-0.15, -0.1) is 21.5 Å². The molecule has 0 bridgehead atoms. The number of amides is 1. The van der Waals surface area contributed by atoms with Crippen LogP contribution in [0, 0.1) is 5.92 Å². The zero-order chi connectivity index (χ0) is 18.5. The van der Waals surface area contributed by atoms with E-state index in [0.717, 1.165) is 22.4 Å². The molecule has 0 aliphatic heterocycles. The first-order valence-corrected chi connectivity index (χ1v) is 10.1. The van der Waals surface area contributed by atoms with Gasteiger partial charge in [-0.1, -0.05) is 36.8 Å². The second-order valence-corrected chi connectivity index (χ2v) is 8.04. The van der Waals surface area contributed by atoms with Crippen LogP contribution in [-0.4, -0.2) is 30.8 Å². The largest absolute Gasteiger partial charge is 0.370 e. The molecule has 0 aromatic carbocycles. The number of thioether (sulfide) groups is 1. The predicted octanol–water partition coefficient (Wildman–Crippen LogP) is 2.76. The van der Waals surface area contributed by atoms with Gasteiger partial charge in [-0.3, -0.25) is 4.79 Å². The van der Waals surface area contributed by atoms with Gasteiger partial charge in [0.1, 0.15) is 5.82 Å². The Morgan fingerprint density at radius 2 is 2.27 bits per heavy atom. The molecule has 1 amide bonds. The van der Waals surface area contributed by atoms with Crippen molar-refractivity contribution in [2.24, 2.45) is 11.7 Å². The Bertz CT molecular complexity index is 856. The third kappa shape index (κ3) is 4.70. The van der Waals surface area contributed by atoms with Crippen LogP contribution in [0.15, 0.2) is 27.2 Å². The maximum Gasteiger partial charge on any atom is 0.237 e. The molecule has 3 rings (SSSR count). The quantitative estimate of drug-likeness (QED) is 0.557. The molecular weight excluding hydrogens is 372 g/mol. The standard InChI is InChI=1S/C16H20N6O2S2/c1-10(2)8-22-13(6-5-12(17)23)19-20-16(22)26-9-14-18-15(21-24-14)11-4-3-7-25-11/h3-4,7,10H,5-6,8-9H2,1-2H3,(H2,17,23). The molecule has 2 N–H and O–H groups in total. The van der Waals surface area contributed by atoms with Crippen molar-refractivity contribution in [2.75, 3.05) is 0 Å². The van der Waals surface area contributed by atoms with Crippen molar-refractivity contribution in [1.82, 2.24) is 24.9 Å². The Hall–Kier alpha value is -2.20. The van der Waals surface area contributed by atoms with Crippen LogP contribution in [-0.2, 0) is 23.5 Å². The fourth-order valence-electron chi connectivity index (χ4n) is 2.34. The minimum atomic E-state index is -0.342. The highest BCUT2D eigenvalue weighted by atomic mass is 32.2. The molecule has 26 heavy (non-hydrogen) atoms. The molecule has 0 saturated heterocycles. The SMILES string of the molecule is CC(C)Cn1c(CCC(N)=O)nnc1SCc1nc(-c2cccs2)no1. The predicted molar refractivity (Wildman–Crippen MR) is 99.5 cm³/mol. The van der Waals surface area contributed by atoms with Crippen molar-refractivity contribution in [3.63, 3.8) is 0 Å². The molecule has 0 radical (unpaired) electrons. The highest BCUT2D eigenvalue weighted by molar-refractivity contribution is 7.98. The second-order valence-electron chi connectivity index (χ2n) is 6.15. The lowest BCUT2D eigenvalue weighted by molar-refractivity contribution is -0.118. The summed E-state index contributed by atoms with van der Waals surface area (Å²) in [5, 5.41) is 15.2. The van der Waals surface area contributed by atoms with E-state index >= 15 is 0 Å². The van der Waals surface area contributed by atoms with Crippen molar-refractivity contribution in [3.8, 4) is 10.7 Å². The number of carbonyl (C=O) groups is 1. The maximum atomic E-state index is 11.1. The zero-order valence-corrected chi connectivity index (χ0v) is 16.2. The first-order valence-electron chi connectivity index (χ1n) is 8.22. The van der Waals surface area contributed by atoms with Gasteiger partial charge in [-0.2, -0.15) is 4.98 Å². The van der Waals surface area contributed by atoms with Gasteiger partial charge in [-0.25, -0.2) is 0 Å². The van der Waals surface area contributed by atoms with Crippen LogP contribution in [0.4, 0.5) is 0 Å². The average Bonchev–Trinajstić information content (AvgIpc) is 3.32. The lowest BCUT2D eigenvalue weighted by Gasteiger charge is -2.11. The van der Waals surface area contributed by atoms with Crippen LogP contribution < -0.4 is 5.73 Å². The van der Waals surface area contributed by atoms with Crippen LogP contribution in [0.3, 0.4) is 0 Å². The maximum absolute atomic E-state index is 11.1. The number of primary amides is 1. The Labute approximate surface area is 159 Å². The summed E-state index contributed by atoms with van der Waals surface area (Å²) in [6.45, 7) is 5.02. The number of nitrogens with two attached hydrogens (primary N) is 1. The van der Waals surface area contributed by atoms with Crippen molar-refractivity contribution in [3.05, 3.63) is 29.2 Å². The molecule has 0 aliphatic carbocycles. The third-order valence-corrected chi connectivity index (χ3v) is 5.29. The molecule has 0 unspecified atom stereocenters. The molecule has 138 valence electrons. The lowest BCUT2D eigenvalue weighted by atomic mass is 10.2. The summed E-state index contributed by atoms with van der Waals surface area (Å²) < 4.78 is 7.36. The Kier molecular flexibility index (Phi) is 6.04. The fraction of sp³-hybridized carbons (Fsp3) is 0.438. The summed E-state index contributed by atoms with van der Waals surface area (Å²) in [7, 11) is 0. The molecule has 0 saturated carbocycles. The van der Waals surface area contributed by atoms with E-state index in [9.17, 15) is 4.79 Å². The average molecular weight is 393 g/mol. The van der Waals surface area contributed by atoms with E-state index < -0.39 is 0 Å².